The Bertz CT molecular complexity index is 1320. The third-order valence-corrected chi connectivity index (χ3v) is 6.77. The van der Waals surface area contributed by atoms with Crippen LogP contribution in [-0.2, 0) is 27.6 Å². The van der Waals surface area contributed by atoms with Crippen LogP contribution in [0.3, 0.4) is 0 Å². The fraction of sp³-hybridized carbons (Fsp3) is 0.222. The zero-order valence-corrected chi connectivity index (χ0v) is 20.6. The van der Waals surface area contributed by atoms with Crippen molar-refractivity contribution in [3.8, 4) is 5.75 Å². The molecule has 0 aliphatic heterocycles. The molecule has 5 nitrogen and oxygen atoms in total. The first-order chi connectivity index (χ1) is 17.0. The largest absolute Gasteiger partial charge is 0.416 e. The van der Waals surface area contributed by atoms with Crippen LogP contribution in [0.15, 0.2) is 89.8 Å². The summed E-state index contributed by atoms with van der Waals surface area (Å²) in [7, 11) is -4.51. The van der Waals surface area contributed by atoms with E-state index in [4.69, 9.17) is 4.18 Å². The van der Waals surface area contributed by atoms with E-state index in [0.29, 0.717) is 18.1 Å². The van der Waals surface area contributed by atoms with E-state index in [1.807, 2.05) is 44.2 Å². The number of benzene rings is 3. The van der Waals surface area contributed by atoms with Gasteiger partial charge in [0.15, 0.2) is 0 Å². The van der Waals surface area contributed by atoms with E-state index >= 15 is 0 Å². The molecule has 190 valence electrons. The van der Waals surface area contributed by atoms with Crippen molar-refractivity contribution in [2.75, 3.05) is 0 Å². The number of carbonyl (C=O) groups excluding carboxylic acids is 1. The number of alkyl halides is 3. The Kier molecular flexibility index (Phi) is 8.57. The third-order valence-electron chi connectivity index (χ3n) is 5.53. The van der Waals surface area contributed by atoms with Gasteiger partial charge in [0.25, 0.3) is 0 Å². The molecule has 0 fully saturated rings. The smallest absolute Gasteiger partial charge is 0.379 e. The Labute approximate surface area is 209 Å². The van der Waals surface area contributed by atoms with E-state index in [2.05, 4.69) is 0 Å². The molecule has 0 bridgehead atoms. The molecule has 0 aromatic heterocycles. The van der Waals surface area contributed by atoms with Crippen molar-refractivity contribution >= 4 is 22.1 Å². The van der Waals surface area contributed by atoms with E-state index in [-0.39, 0.29) is 24.2 Å². The summed E-state index contributed by atoms with van der Waals surface area (Å²) < 4.78 is 69.4. The number of halogens is 3. The van der Waals surface area contributed by atoms with Gasteiger partial charge in [-0.15, -0.1) is 0 Å². The zero-order valence-electron chi connectivity index (χ0n) is 19.8. The van der Waals surface area contributed by atoms with E-state index < -0.39 is 26.8 Å². The van der Waals surface area contributed by atoms with E-state index in [1.54, 1.807) is 23.1 Å². The normalized spacial score (nSPS) is 12.9. The lowest BCUT2D eigenvalue weighted by Crippen LogP contribution is -2.36. The lowest BCUT2D eigenvalue weighted by Gasteiger charge is -2.28. The third kappa shape index (κ3) is 7.21. The summed E-state index contributed by atoms with van der Waals surface area (Å²) in [6.07, 6.45) is -0.782. The minimum Gasteiger partial charge on any atom is -0.379 e. The second-order valence-corrected chi connectivity index (χ2v) is 9.72. The van der Waals surface area contributed by atoms with Gasteiger partial charge in [0.1, 0.15) is 10.6 Å². The molecule has 0 radical (unpaired) electrons. The van der Waals surface area contributed by atoms with Crippen molar-refractivity contribution in [2.45, 2.75) is 43.9 Å². The highest BCUT2D eigenvalue weighted by molar-refractivity contribution is 7.87. The minimum atomic E-state index is -4.69. The van der Waals surface area contributed by atoms with Crippen molar-refractivity contribution in [3.63, 3.8) is 0 Å². The molecule has 0 N–H and O–H groups in total. The molecular weight excluding hydrogens is 491 g/mol. The molecule has 3 aromatic carbocycles. The van der Waals surface area contributed by atoms with Crippen LogP contribution in [0, 0.1) is 0 Å². The van der Waals surface area contributed by atoms with Gasteiger partial charge in [-0.25, -0.2) is 0 Å². The van der Waals surface area contributed by atoms with Crippen molar-refractivity contribution in [3.05, 3.63) is 102 Å². The van der Waals surface area contributed by atoms with Gasteiger partial charge in [0, 0.05) is 18.7 Å². The first-order valence-corrected chi connectivity index (χ1v) is 12.6. The second-order valence-electron chi connectivity index (χ2n) is 8.18. The van der Waals surface area contributed by atoms with Gasteiger partial charge >= 0.3 is 16.3 Å². The Hall–Kier alpha value is -3.59. The van der Waals surface area contributed by atoms with Gasteiger partial charge < -0.3 is 9.08 Å². The van der Waals surface area contributed by atoms with Crippen molar-refractivity contribution in [1.29, 1.82) is 0 Å². The van der Waals surface area contributed by atoms with E-state index in [1.165, 1.54) is 18.2 Å². The minimum absolute atomic E-state index is 0.0683. The number of nitrogens with zero attached hydrogens (tertiary/aromatic N) is 1. The van der Waals surface area contributed by atoms with Crippen LogP contribution < -0.4 is 4.18 Å². The maximum atomic E-state index is 13.0. The molecule has 1 unspecified atom stereocenters. The Balaban J connectivity index is 1.80. The monoisotopic (exact) mass is 517 g/mol. The fourth-order valence-electron chi connectivity index (χ4n) is 3.39. The average Bonchev–Trinajstić information content (AvgIpc) is 2.85. The molecule has 0 saturated carbocycles. The highest BCUT2D eigenvalue weighted by atomic mass is 32.2. The maximum Gasteiger partial charge on any atom is 0.416 e. The molecule has 0 aliphatic rings. The maximum absolute atomic E-state index is 13.0. The summed E-state index contributed by atoms with van der Waals surface area (Å²) in [5.74, 6) is -0.280. The van der Waals surface area contributed by atoms with Gasteiger partial charge in [-0.05, 0) is 60.9 Å². The molecule has 0 saturated heterocycles. The molecule has 9 heteroatoms. The lowest BCUT2D eigenvalue weighted by molar-refractivity contribution is -0.137. The van der Waals surface area contributed by atoms with Gasteiger partial charge in [0.2, 0.25) is 5.91 Å². The summed E-state index contributed by atoms with van der Waals surface area (Å²) in [5.41, 5.74) is 0.394. The summed E-state index contributed by atoms with van der Waals surface area (Å²) >= 11 is 0. The van der Waals surface area contributed by atoms with E-state index in [0.717, 1.165) is 23.8 Å². The number of carbonyl (C=O) groups is 1. The Morgan fingerprint density at radius 3 is 2.36 bits per heavy atom. The molecule has 0 heterocycles. The van der Waals surface area contributed by atoms with Crippen LogP contribution >= 0.6 is 0 Å². The van der Waals surface area contributed by atoms with Crippen LogP contribution in [0.2, 0.25) is 0 Å². The second kappa shape index (κ2) is 11.4. The molecular formula is C27H26F3NO4S. The van der Waals surface area contributed by atoms with Gasteiger partial charge in [-0.2, -0.15) is 21.6 Å². The molecule has 3 aromatic rings. The molecule has 0 spiro atoms. The number of hydrogen-bond donors (Lipinski definition) is 0. The molecule has 3 rings (SSSR count). The lowest BCUT2D eigenvalue weighted by atomic mass is 10.1. The van der Waals surface area contributed by atoms with Crippen molar-refractivity contribution < 1.29 is 30.6 Å². The first kappa shape index (κ1) is 27.0. The van der Waals surface area contributed by atoms with Crippen LogP contribution in [-0.4, -0.2) is 25.3 Å². The number of amides is 1. The average molecular weight is 518 g/mol. The molecule has 0 aliphatic carbocycles. The Morgan fingerprint density at radius 1 is 1.00 bits per heavy atom. The molecule has 1 amide bonds. The van der Waals surface area contributed by atoms with Gasteiger partial charge in [-0.3, -0.25) is 4.79 Å². The van der Waals surface area contributed by atoms with Gasteiger partial charge in [-0.1, -0.05) is 55.5 Å². The summed E-state index contributed by atoms with van der Waals surface area (Å²) in [4.78, 5) is 14.0. The Morgan fingerprint density at radius 2 is 1.69 bits per heavy atom. The van der Waals surface area contributed by atoms with Crippen LogP contribution in [0.1, 0.15) is 37.0 Å². The summed E-state index contributed by atoms with van der Waals surface area (Å²) in [5, 5.41) is 0. The zero-order chi connectivity index (χ0) is 26.3. The highest BCUT2D eigenvalue weighted by Crippen LogP contribution is 2.31. The predicted octanol–water partition coefficient (Wildman–Crippen LogP) is 6.31. The molecule has 36 heavy (non-hydrogen) atoms. The van der Waals surface area contributed by atoms with Crippen molar-refractivity contribution in [2.24, 2.45) is 0 Å². The first-order valence-electron chi connectivity index (χ1n) is 11.2. The number of hydrogen-bond acceptors (Lipinski definition) is 4. The van der Waals surface area contributed by atoms with Crippen molar-refractivity contribution in [1.82, 2.24) is 4.90 Å². The van der Waals surface area contributed by atoms with Crippen LogP contribution in [0.5, 0.6) is 5.75 Å². The van der Waals surface area contributed by atoms with Gasteiger partial charge in [0.05, 0.1) is 5.56 Å². The SMILES string of the molecule is CCC(C)N(Cc1cccc(OS(=O)(=O)c2cccc(C(F)(F)F)c2)c1)C(=O)/C=C/c1ccccc1. The topological polar surface area (TPSA) is 63.7 Å². The predicted molar refractivity (Wildman–Crippen MR) is 131 cm³/mol. The quantitative estimate of drug-likeness (QED) is 0.246. The standard InChI is InChI=1S/C27H26F3NO4S/c1-3-20(2)31(26(32)16-15-21-9-5-4-6-10-21)19-22-11-7-13-24(17-22)35-36(33,34)25-14-8-12-23(18-25)27(28,29)30/h4-18,20H,3,19H2,1-2H3/b16-15+. The van der Waals surface area contributed by atoms with E-state index in [9.17, 15) is 26.4 Å². The summed E-state index contributed by atoms with van der Waals surface area (Å²) in [6.45, 7) is 4.05. The van der Waals surface area contributed by atoms with Crippen LogP contribution in [0.25, 0.3) is 6.08 Å². The number of rotatable bonds is 9. The fourth-order valence-corrected chi connectivity index (χ4v) is 4.36. The van der Waals surface area contributed by atoms with Crippen LogP contribution in [0.4, 0.5) is 13.2 Å². The summed E-state index contributed by atoms with van der Waals surface area (Å²) in [6, 6.07) is 18.8. The highest BCUT2D eigenvalue weighted by Gasteiger charge is 2.32. The molecule has 1 atom stereocenters.